The molecular weight excluding hydrogens is 330 g/mol. The molecule has 0 radical (unpaired) electrons. The number of hydrogen-bond acceptors (Lipinski definition) is 7. The topological polar surface area (TPSA) is 118 Å². The zero-order chi connectivity index (χ0) is 18.4. The van der Waals surface area contributed by atoms with Crippen LogP contribution in [-0.4, -0.2) is 31.6 Å². The zero-order valence-electron chi connectivity index (χ0n) is 13.7. The van der Waals surface area contributed by atoms with Gasteiger partial charge in [0.2, 0.25) is 0 Å². The number of hydrogen-bond donors (Lipinski definition) is 1. The Kier molecular flexibility index (Phi) is 5.78. The molecule has 1 heterocycles. The van der Waals surface area contributed by atoms with Crippen molar-refractivity contribution in [3.8, 4) is 5.75 Å². The van der Waals surface area contributed by atoms with Crippen LogP contribution >= 0.6 is 0 Å². The Labute approximate surface area is 143 Å². The summed E-state index contributed by atoms with van der Waals surface area (Å²) in [4.78, 5) is 34.2. The van der Waals surface area contributed by atoms with Crippen molar-refractivity contribution >= 4 is 17.8 Å². The van der Waals surface area contributed by atoms with Gasteiger partial charge in [-0.3, -0.25) is 4.79 Å². The van der Waals surface area contributed by atoms with Crippen LogP contribution in [0.15, 0.2) is 34.7 Å². The van der Waals surface area contributed by atoms with Crippen molar-refractivity contribution in [1.82, 2.24) is 0 Å². The highest BCUT2D eigenvalue weighted by molar-refractivity contribution is 5.91. The maximum atomic E-state index is 12.0. The Morgan fingerprint density at radius 1 is 1.12 bits per heavy atom. The number of furan rings is 1. The first kappa shape index (κ1) is 18.1. The number of esters is 2. The largest absolute Gasteiger partial charge is 0.484 e. The van der Waals surface area contributed by atoms with E-state index in [0.717, 1.165) is 0 Å². The van der Waals surface area contributed by atoms with Crippen LogP contribution in [0.5, 0.6) is 5.75 Å². The van der Waals surface area contributed by atoms with Gasteiger partial charge in [0, 0.05) is 0 Å². The van der Waals surface area contributed by atoms with Gasteiger partial charge in [-0.1, -0.05) is 0 Å². The predicted molar refractivity (Wildman–Crippen MR) is 85.0 cm³/mol. The van der Waals surface area contributed by atoms with E-state index in [0.29, 0.717) is 22.8 Å². The minimum Gasteiger partial charge on any atom is -0.484 e. The summed E-state index contributed by atoms with van der Waals surface area (Å²) in [7, 11) is 1.27. The number of benzene rings is 1. The number of carbonyl (C=O) groups excluding carboxylic acids is 3. The summed E-state index contributed by atoms with van der Waals surface area (Å²) >= 11 is 0. The van der Waals surface area contributed by atoms with Crippen LogP contribution in [0.25, 0.3) is 0 Å². The lowest BCUT2D eigenvalue weighted by atomic mass is 10.2. The minimum atomic E-state index is -0.594. The number of aryl methyl sites for hydroxylation is 1. The van der Waals surface area contributed by atoms with Gasteiger partial charge in [0.25, 0.3) is 5.91 Å². The van der Waals surface area contributed by atoms with Gasteiger partial charge in [-0.25, -0.2) is 9.59 Å². The molecule has 0 aliphatic rings. The SMILES string of the molecule is COC(=O)c1cc(COC(=O)c2ccc(OCC(N)=O)cc2)oc1C. The lowest BCUT2D eigenvalue weighted by molar-refractivity contribution is -0.119. The number of nitrogens with two attached hydrogens (primary N) is 1. The Bertz CT molecular complexity index is 777. The molecule has 0 aliphatic heterocycles. The number of methoxy groups -OCH3 is 1. The van der Waals surface area contributed by atoms with Crippen molar-refractivity contribution in [3.63, 3.8) is 0 Å². The molecule has 132 valence electrons. The molecule has 25 heavy (non-hydrogen) atoms. The maximum absolute atomic E-state index is 12.0. The fraction of sp³-hybridized carbons (Fsp3) is 0.235. The highest BCUT2D eigenvalue weighted by Gasteiger charge is 2.16. The second-order valence-corrected chi connectivity index (χ2v) is 5.03. The predicted octanol–water partition coefficient (Wildman–Crippen LogP) is 1.60. The summed E-state index contributed by atoms with van der Waals surface area (Å²) in [5, 5.41) is 0. The lowest BCUT2D eigenvalue weighted by Crippen LogP contribution is -2.20. The van der Waals surface area contributed by atoms with Gasteiger partial charge in [0.05, 0.1) is 12.7 Å². The molecule has 1 aromatic carbocycles. The smallest absolute Gasteiger partial charge is 0.341 e. The van der Waals surface area contributed by atoms with Crippen LogP contribution in [-0.2, 0) is 20.9 Å². The third kappa shape index (κ3) is 4.84. The second-order valence-electron chi connectivity index (χ2n) is 5.03. The highest BCUT2D eigenvalue weighted by atomic mass is 16.5. The van der Waals surface area contributed by atoms with Gasteiger partial charge in [-0.15, -0.1) is 0 Å². The Balaban J connectivity index is 1.94. The third-order valence-corrected chi connectivity index (χ3v) is 3.19. The number of carbonyl (C=O) groups is 3. The number of ether oxygens (including phenoxy) is 3. The molecule has 1 amide bonds. The summed E-state index contributed by atoms with van der Waals surface area (Å²) < 4.78 is 20.2. The maximum Gasteiger partial charge on any atom is 0.341 e. The average Bonchev–Trinajstić information content (AvgIpc) is 2.98. The van der Waals surface area contributed by atoms with E-state index in [9.17, 15) is 14.4 Å². The van der Waals surface area contributed by atoms with E-state index in [4.69, 9.17) is 19.6 Å². The van der Waals surface area contributed by atoms with E-state index in [2.05, 4.69) is 4.74 Å². The van der Waals surface area contributed by atoms with E-state index >= 15 is 0 Å². The molecule has 0 spiro atoms. The highest BCUT2D eigenvalue weighted by Crippen LogP contribution is 2.18. The number of amides is 1. The summed E-state index contributed by atoms with van der Waals surface area (Å²) in [6.45, 7) is 1.24. The average molecular weight is 347 g/mol. The molecule has 8 nitrogen and oxygen atoms in total. The summed E-state index contributed by atoms with van der Waals surface area (Å²) in [6, 6.07) is 7.49. The van der Waals surface area contributed by atoms with Crippen LogP contribution in [0.1, 0.15) is 32.2 Å². The van der Waals surface area contributed by atoms with Crippen molar-refractivity contribution in [2.75, 3.05) is 13.7 Å². The van der Waals surface area contributed by atoms with Crippen molar-refractivity contribution in [2.45, 2.75) is 13.5 Å². The molecule has 0 bridgehead atoms. The van der Waals surface area contributed by atoms with Gasteiger partial charge in [-0.05, 0) is 37.3 Å². The first-order valence-corrected chi connectivity index (χ1v) is 7.26. The quantitative estimate of drug-likeness (QED) is 0.756. The van der Waals surface area contributed by atoms with E-state index in [1.807, 2.05) is 0 Å². The summed E-state index contributed by atoms with van der Waals surface area (Å²) in [6.07, 6.45) is 0. The van der Waals surface area contributed by atoms with E-state index in [1.165, 1.54) is 37.4 Å². The molecule has 2 aromatic rings. The molecular formula is C17H17NO7. The van der Waals surface area contributed by atoms with Gasteiger partial charge in [-0.2, -0.15) is 0 Å². The fourth-order valence-corrected chi connectivity index (χ4v) is 1.99. The standard InChI is InChI=1S/C17H17NO7/c1-10-14(17(21)22-2)7-13(25-10)8-24-16(20)11-3-5-12(6-4-11)23-9-15(18)19/h3-7H,8-9H2,1-2H3,(H2,18,19). The third-order valence-electron chi connectivity index (χ3n) is 3.19. The molecule has 2 N–H and O–H groups in total. The van der Waals surface area contributed by atoms with E-state index in [-0.39, 0.29) is 18.8 Å². The molecule has 8 heteroatoms. The van der Waals surface area contributed by atoms with Crippen molar-refractivity contribution in [3.05, 3.63) is 53.0 Å². The Hall–Kier alpha value is -3.29. The van der Waals surface area contributed by atoms with Crippen molar-refractivity contribution in [1.29, 1.82) is 0 Å². The van der Waals surface area contributed by atoms with E-state index in [1.54, 1.807) is 6.92 Å². The molecule has 0 saturated carbocycles. The normalized spacial score (nSPS) is 10.2. The molecule has 0 atom stereocenters. The fourth-order valence-electron chi connectivity index (χ4n) is 1.99. The van der Waals surface area contributed by atoms with Crippen molar-refractivity contribution in [2.24, 2.45) is 5.73 Å². The second kappa shape index (κ2) is 8.00. The number of rotatable bonds is 7. The molecule has 0 saturated heterocycles. The minimum absolute atomic E-state index is 0.128. The molecule has 0 unspecified atom stereocenters. The first-order chi connectivity index (χ1) is 11.9. The molecule has 0 fully saturated rings. The van der Waals surface area contributed by atoms with Crippen molar-refractivity contribution < 1.29 is 33.0 Å². The van der Waals surface area contributed by atoms with Gasteiger partial charge in [0.15, 0.2) is 6.61 Å². The monoisotopic (exact) mass is 347 g/mol. The van der Waals surface area contributed by atoms with E-state index < -0.39 is 17.8 Å². The first-order valence-electron chi connectivity index (χ1n) is 7.26. The zero-order valence-corrected chi connectivity index (χ0v) is 13.7. The molecule has 2 rings (SSSR count). The van der Waals surface area contributed by atoms with Crippen LogP contribution in [0.2, 0.25) is 0 Å². The van der Waals surface area contributed by atoms with Gasteiger partial charge >= 0.3 is 11.9 Å². The van der Waals surface area contributed by atoms with Gasteiger partial charge in [0.1, 0.15) is 29.4 Å². The Morgan fingerprint density at radius 3 is 2.40 bits per heavy atom. The van der Waals surface area contributed by atoms with Crippen LogP contribution < -0.4 is 10.5 Å². The molecule has 0 aliphatic carbocycles. The van der Waals surface area contributed by atoms with Gasteiger partial charge < -0.3 is 24.4 Å². The number of primary amides is 1. The van der Waals surface area contributed by atoms with Crippen LogP contribution in [0, 0.1) is 6.92 Å². The van der Waals surface area contributed by atoms with Crippen LogP contribution in [0.4, 0.5) is 0 Å². The summed E-state index contributed by atoms with van der Waals surface area (Å²) in [5.74, 6) is -0.578. The molecule has 1 aromatic heterocycles. The van der Waals surface area contributed by atoms with Crippen LogP contribution in [0.3, 0.4) is 0 Å². The summed E-state index contributed by atoms with van der Waals surface area (Å²) in [5.41, 5.74) is 5.55. The lowest BCUT2D eigenvalue weighted by Gasteiger charge is -2.05. The Morgan fingerprint density at radius 2 is 1.80 bits per heavy atom.